The van der Waals surface area contributed by atoms with Gasteiger partial charge in [-0.3, -0.25) is 9.58 Å². The smallest absolute Gasteiger partial charge is 0.150 e. The minimum Gasteiger partial charge on any atom is -0.394 e. The Bertz CT molecular complexity index is 433. The van der Waals surface area contributed by atoms with Gasteiger partial charge in [0, 0.05) is 26.2 Å². The van der Waals surface area contributed by atoms with E-state index in [4.69, 9.17) is 5.73 Å². The van der Waals surface area contributed by atoms with Gasteiger partial charge in [0.15, 0.2) is 0 Å². The number of hydrogen-bond donors (Lipinski definition) is 1. The summed E-state index contributed by atoms with van der Waals surface area (Å²) in [6.45, 7) is 6.73. The van der Waals surface area contributed by atoms with Crippen molar-refractivity contribution in [2.75, 3.05) is 36.8 Å². The molecule has 100 valence electrons. The number of nitrogen functional groups attached to an aromatic ring is 1. The lowest BCUT2D eigenvalue weighted by Crippen LogP contribution is -2.35. The zero-order chi connectivity index (χ0) is 12.7. The van der Waals surface area contributed by atoms with Crippen LogP contribution in [0.5, 0.6) is 0 Å². The van der Waals surface area contributed by atoms with Crippen LogP contribution in [0.4, 0.5) is 11.5 Å². The Morgan fingerprint density at radius 2 is 1.94 bits per heavy atom. The van der Waals surface area contributed by atoms with E-state index in [1.165, 1.54) is 32.4 Å². The van der Waals surface area contributed by atoms with Crippen molar-refractivity contribution in [1.29, 1.82) is 0 Å². The fourth-order valence-corrected chi connectivity index (χ4v) is 3.38. The van der Waals surface area contributed by atoms with E-state index in [1.807, 2.05) is 18.7 Å². The minimum atomic E-state index is 0.710. The summed E-state index contributed by atoms with van der Waals surface area (Å²) < 4.78 is 1.93. The second-order valence-electron chi connectivity index (χ2n) is 5.58. The van der Waals surface area contributed by atoms with E-state index >= 15 is 0 Å². The normalized spacial score (nSPS) is 25.2. The van der Waals surface area contributed by atoms with Gasteiger partial charge in [0.2, 0.25) is 0 Å². The van der Waals surface area contributed by atoms with Crippen molar-refractivity contribution in [3.05, 3.63) is 5.69 Å². The molecule has 0 saturated carbocycles. The lowest BCUT2D eigenvalue weighted by molar-refractivity contribution is 0.260. The Balaban J connectivity index is 1.75. The molecule has 2 N–H and O–H groups in total. The van der Waals surface area contributed by atoms with Gasteiger partial charge < -0.3 is 10.6 Å². The maximum Gasteiger partial charge on any atom is 0.150 e. The predicted octanol–water partition coefficient (Wildman–Crippen LogP) is 0.985. The summed E-state index contributed by atoms with van der Waals surface area (Å²) >= 11 is 0. The molecule has 0 spiro atoms. The van der Waals surface area contributed by atoms with Crippen molar-refractivity contribution in [2.45, 2.75) is 32.2 Å². The van der Waals surface area contributed by atoms with E-state index in [0.29, 0.717) is 6.04 Å². The maximum absolute atomic E-state index is 6.14. The first-order chi connectivity index (χ1) is 8.66. The molecule has 1 aromatic rings. The summed E-state index contributed by atoms with van der Waals surface area (Å²) in [4.78, 5) is 5.04. The highest BCUT2D eigenvalue weighted by Gasteiger charge is 2.31. The van der Waals surface area contributed by atoms with Crippen LogP contribution in [0.25, 0.3) is 0 Å². The van der Waals surface area contributed by atoms with Gasteiger partial charge in [-0.25, -0.2) is 0 Å². The van der Waals surface area contributed by atoms with Crippen LogP contribution in [-0.4, -0.2) is 46.9 Å². The highest BCUT2D eigenvalue weighted by molar-refractivity contribution is 5.66. The highest BCUT2D eigenvalue weighted by atomic mass is 15.4. The van der Waals surface area contributed by atoms with Crippen LogP contribution >= 0.6 is 0 Å². The maximum atomic E-state index is 6.14. The van der Waals surface area contributed by atoms with Crippen LogP contribution in [0, 0.1) is 6.92 Å². The van der Waals surface area contributed by atoms with Crippen LogP contribution in [0.2, 0.25) is 0 Å². The zero-order valence-corrected chi connectivity index (χ0v) is 11.4. The Morgan fingerprint density at radius 3 is 2.56 bits per heavy atom. The molecule has 0 bridgehead atoms. The number of nitrogens with two attached hydrogens (primary N) is 1. The van der Waals surface area contributed by atoms with E-state index in [9.17, 15) is 0 Å². The largest absolute Gasteiger partial charge is 0.394 e. The molecule has 2 saturated heterocycles. The quantitative estimate of drug-likeness (QED) is 0.849. The van der Waals surface area contributed by atoms with Gasteiger partial charge in [-0.2, -0.15) is 5.10 Å². The molecule has 1 unspecified atom stereocenters. The molecule has 2 aliphatic rings. The molecular weight excluding hydrogens is 226 g/mol. The lowest BCUT2D eigenvalue weighted by Gasteiger charge is -2.24. The summed E-state index contributed by atoms with van der Waals surface area (Å²) in [6.07, 6.45) is 3.98. The second kappa shape index (κ2) is 4.46. The number of likely N-dealkylation sites (tertiary alicyclic amines) is 1. The number of hydrogen-bond acceptors (Lipinski definition) is 4. The lowest BCUT2D eigenvalue weighted by atomic mass is 10.2. The Hall–Kier alpha value is -1.23. The van der Waals surface area contributed by atoms with Crippen molar-refractivity contribution in [1.82, 2.24) is 14.7 Å². The molecule has 2 aliphatic heterocycles. The van der Waals surface area contributed by atoms with Crippen LogP contribution in [-0.2, 0) is 7.05 Å². The van der Waals surface area contributed by atoms with Crippen molar-refractivity contribution in [3.63, 3.8) is 0 Å². The molecule has 3 rings (SSSR count). The number of aryl methyl sites for hydroxylation is 2. The van der Waals surface area contributed by atoms with Crippen molar-refractivity contribution >= 4 is 11.5 Å². The highest BCUT2D eigenvalue weighted by Crippen LogP contribution is 2.30. The second-order valence-corrected chi connectivity index (χ2v) is 5.58. The monoisotopic (exact) mass is 249 g/mol. The number of rotatable bonds is 2. The van der Waals surface area contributed by atoms with Crippen LogP contribution in [0.3, 0.4) is 0 Å². The van der Waals surface area contributed by atoms with Gasteiger partial charge in [-0.05, 0) is 39.3 Å². The summed E-state index contributed by atoms with van der Waals surface area (Å²) in [6, 6.07) is 0.710. The first-order valence-corrected chi connectivity index (χ1v) is 6.95. The summed E-state index contributed by atoms with van der Waals surface area (Å²) in [5.74, 6) is 1.11. The molecule has 1 aromatic heterocycles. The molecule has 0 aliphatic carbocycles. The third kappa shape index (κ3) is 1.86. The molecule has 0 aromatic carbocycles. The third-order valence-corrected chi connectivity index (χ3v) is 4.36. The van der Waals surface area contributed by atoms with Crippen molar-refractivity contribution < 1.29 is 0 Å². The fourth-order valence-electron chi connectivity index (χ4n) is 3.38. The molecule has 5 heteroatoms. The molecular formula is C13H23N5. The van der Waals surface area contributed by atoms with Crippen LogP contribution < -0.4 is 10.6 Å². The van der Waals surface area contributed by atoms with Gasteiger partial charge >= 0.3 is 0 Å². The summed E-state index contributed by atoms with van der Waals surface area (Å²) in [5.41, 5.74) is 7.93. The van der Waals surface area contributed by atoms with Gasteiger partial charge in [0.25, 0.3) is 0 Å². The molecule has 5 nitrogen and oxygen atoms in total. The summed E-state index contributed by atoms with van der Waals surface area (Å²) in [5, 5.41) is 4.41. The molecule has 2 fully saturated rings. The fraction of sp³-hybridized carbons (Fsp3) is 0.769. The zero-order valence-electron chi connectivity index (χ0n) is 11.4. The summed E-state index contributed by atoms with van der Waals surface area (Å²) in [7, 11) is 1.99. The third-order valence-electron chi connectivity index (χ3n) is 4.36. The number of aromatic nitrogens is 2. The van der Waals surface area contributed by atoms with Crippen molar-refractivity contribution in [3.8, 4) is 0 Å². The van der Waals surface area contributed by atoms with Crippen LogP contribution in [0.15, 0.2) is 0 Å². The standard InChI is InChI=1S/C13H23N5/c1-10-12(14)13(16(2)15-10)18-8-5-11(9-18)17-6-3-4-7-17/h11H,3-9,14H2,1-2H3. The molecule has 3 heterocycles. The molecule has 0 radical (unpaired) electrons. The Morgan fingerprint density at radius 1 is 1.22 bits per heavy atom. The first-order valence-electron chi connectivity index (χ1n) is 6.95. The van der Waals surface area contributed by atoms with Crippen molar-refractivity contribution in [2.24, 2.45) is 7.05 Å². The average Bonchev–Trinajstić information content (AvgIpc) is 3.01. The SMILES string of the molecule is Cc1nn(C)c(N2CCC(N3CCCC3)C2)c1N. The molecule has 1 atom stereocenters. The van der Waals surface area contributed by atoms with E-state index in [1.54, 1.807) is 0 Å². The topological polar surface area (TPSA) is 50.3 Å². The predicted molar refractivity (Wildman–Crippen MR) is 73.8 cm³/mol. The van der Waals surface area contributed by atoms with Crippen LogP contribution in [0.1, 0.15) is 25.0 Å². The molecule has 0 amide bonds. The number of nitrogens with zero attached hydrogens (tertiary/aromatic N) is 4. The van der Waals surface area contributed by atoms with E-state index in [-0.39, 0.29) is 0 Å². The van der Waals surface area contributed by atoms with Gasteiger partial charge in [0.05, 0.1) is 11.4 Å². The van der Waals surface area contributed by atoms with E-state index < -0.39 is 0 Å². The van der Waals surface area contributed by atoms with Gasteiger partial charge in [0.1, 0.15) is 5.82 Å². The van der Waals surface area contributed by atoms with E-state index in [2.05, 4.69) is 14.9 Å². The average molecular weight is 249 g/mol. The minimum absolute atomic E-state index is 0.710. The Kier molecular flexibility index (Phi) is 2.93. The number of anilines is 2. The van der Waals surface area contributed by atoms with E-state index in [0.717, 1.165) is 30.3 Å². The Labute approximate surface area is 109 Å². The molecule has 18 heavy (non-hydrogen) atoms. The first kappa shape index (κ1) is 11.8. The van der Waals surface area contributed by atoms with Gasteiger partial charge in [-0.1, -0.05) is 0 Å². The van der Waals surface area contributed by atoms with Gasteiger partial charge in [-0.15, -0.1) is 0 Å².